The van der Waals surface area contributed by atoms with E-state index in [4.69, 9.17) is 9.84 Å². The zero-order valence-electron chi connectivity index (χ0n) is 8.30. The molecule has 88 valence electrons. The van der Waals surface area contributed by atoms with Crippen molar-refractivity contribution in [1.29, 1.82) is 0 Å². The van der Waals surface area contributed by atoms with Crippen molar-refractivity contribution >= 4 is 0 Å². The molecule has 1 aliphatic rings. The molecule has 7 nitrogen and oxygen atoms in total. The average molecular weight is 228 g/mol. The third kappa shape index (κ3) is 1.74. The molecule has 0 radical (unpaired) electrons. The molecule has 7 heteroatoms. The fraction of sp³-hybridized carbons (Fsp3) is 0.556. The van der Waals surface area contributed by atoms with Gasteiger partial charge < -0.3 is 20.1 Å². The van der Waals surface area contributed by atoms with E-state index in [0.29, 0.717) is 0 Å². The topological polar surface area (TPSA) is 105 Å². The molecule has 1 unspecified atom stereocenters. The van der Waals surface area contributed by atoms with Crippen LogP contribution >= 0.6 is 0 Å². The van der Waals surface area contributed by atoms with Gasteiger partial charge >= 0.3 is 5.69 Å². The number of hydrogen-bond donors (Lipinski definition) is 3. The minimum absolute atomic E-state index is 0.427. The van der Waals surface area contributed by atoms with E-state index in [-0.39, 0.29) is 0 Å². The summed E-state index contributed by atoms with van der Waals surface area (Å²) in [6.45, 7) is -0.427. The summed E-state index contributed by atoms with van der Waals surface area (Å²) in [5.41, 5.74) is -0.586. The van der Waals surface area contributed by atoms with Crippen LogP contribution in [0.1, 0.15) is 6.23 Å². The maximum absolute atomic E-state index is 11.4. The monoisotopic (exact) mass is 228 g/mol. The lowest BCUT2D eigenvalue weighted by Crippen LogP contribution is -2.35. The van der Waals surface area contributed by atoms with Crippen molar-refractivity contribution in [2.45, 2.75) is 24.5 Å². The third-order valence-electron chi connectivity index (χ3n) is 2.53. The van der Waals surface area contributed by atoms with Gasteiger partial charge in [0.2, 0.25) is 0 Å². The smallest absolute Gasteiger partial charge is 0.349 e. The molecule has 2 heterocycles. The summed E-state index contributed by atoms with van der Waals surface area (Å²) in [7, 11) is 0. The lowest BCUT2D eigenvalue weighted by atomic mass is 10.1. The van der Waals surface area contributed by atoms with Crippen molar-refractivity contribution in [3.05, 3.63) is 28.9 Å². The van der Waals surface area contributed by atoms with Gasteiger partial charge in [0.15, 0.2) is 6.23 Å². The summed E-state index contributed by atoms with van der Waals surface area (Å²) in [6, 6.07) is 1.51. The van der Waals surface area contributed by atoms with E-state index in [1.807, 2.05) is 0 Å². The van der Waals surface area contributed by atoms with Gasteiger partial charge in [-0.1, -0.05) is 0 Å². The van der Waals surface area contributed by atoms with Crippen LogP contribution in [0.5, 0.6) is 0 Å². The van der Waals surface area contributed by atoms with Gasteiger partial charge in [-0.25, -0.2) is 9.78 Å². The Bertz CT molecular complexity index is 420. The summed E-state index contributed by atoms with van der Waals surface area (Å²) >= 11 is 0. The Morgan fingerprint density at radius 2 is 2.19 bits per heavy atom. The number of rotatable bonds is 2. The fourth-order valence-electron chi connectivity index (χ4n) is 1.67. The molecule has 16 heavy (non-hydrogen) atoms. The van der Waals surface area contributed by atoms with E-state index >= 15 is 0 Å². The lowest BCUT2D eigenvalue weighted by molar-refractivity contribution is -0.0549. The molecule has 1 saturated heterocycles. The first-order valence-electron chi connectivity index (χ1n) is 4.80. The van der Waals surface area contributed by atoms with Gasteiger partial charge in [0.25, 0.3) is 0 Å². The predicted octanol–water partition coefficient (Wildman–Crippen LogP) is -2.15. The summed E-state index contributed by atoms with van der Waals surface area (Å²) in [6.07, 6.45) is -1.68. The quantitative estimate of drug-likeness (QED) is 0.533. The van der Waals surface area contributed by atoms with Crippen LogP contribution in [0.2, 0.25) is 0 Å². The Kier molecular flexibility index (Phi) is 3.01. The summed E-state index contributed by atoms with van der Waals surface area (Å²) in [4.78, 5) is 14.9. The highest BCUT2D eigenvalue weighted by atomic mass is 16.6. The molecular weight excluding hydrogens is 216 g/mol. The third-order valence-corrected chi connectivity index (χ3v) is 2.53. The van der Waals surface area contributed by atoms with Crippen LogP contribution < -0.4 is 5.69 Å². The molecule has 0 aromatic carbocycles. The first kappa shape index (κ1) is 11.2. The lowest BCUT2D eigenvalue weighted by Gasteiger charge is -2.16. The van der Waals surface area contributed by atoms with Crippen molar-refractivity contribution in [2.75, 3.05) is 6.61 Å². The van der Waals surface area contributed by atoms with E-state index in [2.05, 4.69) is 4.98 Å². The molecule has 0 bridgehead atoms. The maximum atomic E-state index is 11.4. The second kappa shape index (κ2) is 4.30. The van der Waals surface area contributed by atoms with Gasteiger partial charge in [-0.05, 0) is 6.07 Å². The fourth-order valence-corrected chi connectivity index (χ4v) is 1.67. The first-order chi connectivity index (χ1) is 7.65. The van der Waals surface area contributed by atoms with Crippen LogP contribution in [0, 0.1) is 0 Å². The molecule has 1 fully saturated rings. The molecular formula is C9H12N2O5. The van der Waals surface area contributed by atoms with Crippen LogP contribution in [-0.4, -0.2) is 49.8 Å². The van der Waals surface area contributed by atoms with Gasteiger partial charge in [-0.2, -0.15) is 0 Å². The molecule has 1 aromatic heterocycles. The Morgan fingerprint density at radius 1 is 1.44 bits per heavy atom. The number of aromatic nitrogens is 2. The molecule has 0 saturated carbocycles. The minimum atomic E-state index is -1.26. The second-order valence-electron chi connectivity index (χ2n) is 3.54. The van der Waals surface area contributed by atoms with Crippen LogP contribution in [0.3, 0.4) is 0 Å². The molecule has 0 spiro atoms. The number of hydrogen-bond acceptors (Lipinski definition) is 6. The maximum Gasteiger partial charge on any atom is 0.349 e. The Hall–Kier alpha value is -1.28. The van der Waals surface area contributed by atoms with E-state index in [1.54, 1.807) is 0 Å². The highest BCUT2D eigenvalue weighted by molar-refractivity contribution is 4.92. The van der Waals surface area contributed by atoms with Gasteiger partial charge in [-0.15, -0.1) is 0 Å². The van der Waals surface area contributed by atoms with E-state index in [0.717, 1.165) is 4.57 Å². The summed E-state index contributed by atoms with van der Waals surface area (Å²) in [5, 5.41) is 28.1. The Morgan fingerprint density at radius 3 is 2.75 bits per heavy atom. The molecule has 0 amide bonds. The average Bonchev–Trinajstić information content (AvgIpc) is 2.57. The van der Waals surface area contributed by atoms with Gasteiger partial charge in [0.1, 0.15) is 18.3 Å². The number of nitrogens with zero attached hydrogens (tertiary/aromatic N) is 2. The summed E-state index contributed by atoms with van der Waals surface area (Å²) < 4.78 is 6.25. The van der Waals surface area contributed by atoms with Crippen LogP contribution in [-0.2, 0) is 4.74 Å². The summed E-state index contributed by atoms with van der Waals surface area (Å²) in [5.74, 6) is 0. The van der Waals surface area contributed by atoms with E-state index in [9.17, 15) is 15.0 Å². The molecule has 3 N–H and O–H groups in total. The zero-order valence-corrected chi connectivity index (χ0v) is 8.30. The van der Waals surface area contributed by atoms with Crippen molar-refractivity contribution < 1.29 is 20.1 Å². The number of aliphatic hydroxyl groups excluding tert-OH is 3. The normalized spacial score (nSPS) is 34.2. The van der Waals surface area contributed by atoms with Crippen LogP contribution in [0.4, 0.5) is 0 Å². The number of ether oxygens (including phenoxy) is 1. The highest BCUT2D eigenvalue weighted by Crippen LogP contribution is 2.27. The highest BCUT2D eigenvalue weighted by Gasteiger charge is 2.43. The van der Waals surface area contributed by atoms with E-state index < -0.39 is 36.8 Å². The van der Waals surface area contributed by atoms with Crippen molar-refractivity contribution in [2.24, 2.45) is 0 Å². The SMILES string of the molecule is O=c1ncccn1C1O[C@H](CO)[C@@H](O)[C@@H]1O. The van der Waals surface area contributed by atoms with E-state index in [1.165, 1.54) is 18.5 Å². The molecule has 1 aliphatic heterocycles. The molecule has 4 atom stereocenters. The first-order valence-corrected chi connectivity index (χ1v) is 4.80. The molecule has 1 aromatic rings. The Balaban J connectivity index is 2.30. The zero-order chi connectivity index (χ0) is 11.7. The van der Waals surface area contributed by atoms with Crippen LogP contribution in [0.15, 0.2) is 23.3 Å². The van der Waals surface area contributed by atoms with Crippen molar-refractivity contribution in [3.63, 3.8) is 0 Å². The number of aliphatic hydroxyl groups is 3. The van der Waals surface area contributed by atoms with Gasteiger partial charge in [0.05, 0.1) is 6.61 Å². The predicted molar refractivity (Wildman–Crippen MR) is 51.5 cm³/mol. The second-order valence-corrected chi connectivity index (χ2v) is 3.54. The molecule has 0 aliphatic carbocycles. The standard InChI is InChI=1S/C9H12N2O5/c12-4-5-6(13)7(14)8(16-5)11-3-1-2-10-9(11)15/h1-3,5-8,12-14H,4H2/t5-,6-,7+,8?/m1/s1. The van der Waals surface area contributed by atoms with Gasteiger partial charge in [0, 0.05) is 12.4 Å². The largest absolute Gasteiger partial charge is 0.394 e. The molecule has 2 rings (SSSR count). The Labute approximate surface area is 90.6 Å². The van der Waals surface area contributed by atoms with Gasteiger partial charge in [-0.3, -0.25) is 4.57 Å². The van der Waals surface area contributed by atoms with Crippen molar-refractivity contribution in [1.82, 2.24) is 9.55 Å². The van der Waals surface area contributed by atoms with Crippen LogP contribution in [0.25, 0.3) is 0 Å². The minimum Gasteiger partial charge on any atom is -0.394 e. The van der Waals surface area contributed by atoms with Crippen molar-refractivity contribution in [3.8, 4) is 0 Å².